The summed E-state index contributed by atoms with van der Waals surface area (Å²) in [6, 6.07) is 7.07. The molecular formula is C10H9BBrF3KN. The molecule has 0 unspecified atom stereocenters. The molecule has 1 aromatic carbocycles. The molecule has 1 heterocycles. The maximum atomic E-state index is 12.5. The molecule has 0 aliphatic carbocycles. The summed E-state index contributed by atoms with van der Waals surface area (Å²) in [5.41, 5.74) is 1.23. The quantitative estimate of drug-likeness (QED) is 0.727. The van der Waals surface area contributed by atoms with Gasteiger partial charge >= 0.3 is 58.4 Å². The maximum Gasteiger partial charge on any atom is 1.00 e. The first kappa shape index (κ1) is 15.8. The minimum Gasteiger partial charge on any atom is -0.448 e. The predicted octanol–water partition coefficient (Wildman–Crippen LogP) is 1.10. The van der Waals surface area contributed by atoms with E-state index in [4.69, 9.17) is 0 Å². The smallest absolute Gasteiger partial charge is 0.448 e. The van der Waals surface area contributed by atoms with Gasteiger partial charge in [-0.2, -0.15) is 0 Å². The monoisotopic (exact) mass is 329 g/mol. The van der Waals surface area contributed by atoms with E-state index in [0.717, 1.165) is 9.86 Å². The van der Waals surface area contributed by atoms with Crippen LogP contribution in [0.4, 0.5) is 12.9 Å². The molecule has 0 aliphatic rings. The minimum atomic E-state index is -4.83. The van der Waals surface area contributed by atoms with Gasteiger partial charge in [-0.05, 0) is 35.4 Å². The number of hydrogen-bond acceptors (Lipinski definition) is 0. The van der Waals surface area contributed by atoms with E-state index in [1.807, 2.05) is 12.1 Å². The molecule has 0 bridgehead atoms. The Morgan fingerprint density at radius 2 is 1.82 bits per heavy atom. The standard InChI is InChI=1S/C10H9BBrF3N.K/c1-7-10(12)8-4-2-3-5-9(8)16(7)6-11(13,14)15;/h2-5H,6H2,1H3;/q-1;+1. The normalized spacial score (nSPS) is 11.6. The molecule has 86 valence electrons. The van der Waals surface area contributed by atoms with Crippen LogP contribution in [0.1, 0.15) is 5.69 Å². The van der Waals surface area contributed by atoms with Crippen LogP contribution in [0.5, 0.6) is 0 Å². The number of para-hydroxylation sites is 1. The fourth-order valence-corrected chi connectivity index (χ4v) is 2.38. The molecule has 0 saturated heterocycles. The molecule has 17 heavy (non-hydrogen) atoms. The zero-order valence-corrected chi connectivity index (χ0v) is 14.3. The number of hydrogen-bond donors (Lipinski definition) is 0. The fraction of sp³-hybridized carbons (Fsp3) is 0.200. The average molecular weight is 330 g/mol. The summed E-state index contributed by atoms with van der Waals surface area (Å²) >= 11 is 3.33. The number of fused-ring (bicyclic) bond motifs is 1. The van der Waals surface area contributed by atoms with Crippen LogP contribution < -0.4 is 51.4 Å². The second-order valence-corrected chi connectivity index (χ2v) is 4.53. The Balaban J connectivity index is 0.00000144. The summed E-state index contributed by atoms with van der Waals surface area (Å²) < 4.78 is 39.5. The first-order valence-electron chi connectivity index (χ1n) is 4.84. The van der Waals surface area contributed by atoms with Crippen molar-refractivity contribution >= 4 is 33.8 Å². The third kappa shape index (κ3) is 3.39. The van der Waals surface area contributed by atoms with Gasteiger partial charge in [0.05, 0.1) is 0 Å². The molecular weight excluding hydrogens is 321 g/mol. The van der Waals surface area contributed by atoms with Crippen LogP contribution in [0.15, 0.2) is 28.7 Å². The van der Waals surface area contributed by atoms with E-state index >= 15 is 0 Å². The zero-order valence-electron chi connectivity index (χ0n) is 9.55. The van der Waals surface area contributed by atoms with E-state index in [9.17, 15) is 12.9 Å². The van der Waals surface area contributed by atoms with Gasteiger partial charge in [-0.15, -0.1) is 0 Å². The molecule has 0 fully saturated rings. The van der Waals surface area contributed by atoms with Gasteiger partial charge in [0.25, 0.3) is 0 Å². The topological polar surface area (TPSA) is 4.93 Å². The summed E-state index contributed by atoms with van der Waals surface area (Å²) in [6.45, 7) is -3.14. The second kappa shape index (κ2) is 5.79. The van der Waals surface area contributed by atoms with Crippen molar-refractivity contribution in [2.75, 3.05) is 0 Å². The van der Waals surface area contributed by atoms with Crippen molar-refractivity contribution in [3.8, 4) is 0 Å². The average Bonchev–Trinajstić information content (AvgIpc) is 2.43. The van der Waals surface area contributed by atoms with Gasteiger partial charge in [-0.1, -0.05) is 18.2 Å². The van der Waals surface area contributed by atoms with Gasteiger partial charge in [-0.3, -0.25) is 0 Å². The number of nitrogens with zero attached hydrogens (tertiary/aromatic N) is 1. The van der Waals surface area contributed by atoms with Gasteiger partial charge in [0.15, 0.2) is 0 Å². The van der Waals surface area contributed by atoms with E-state index in [-0.39, 0.29) is 51.4 Å². The Morgan fingerprint density at radius 3 is 2.41 bits per heavy atom. The fourth-order valence-electron chi connectivity index (χ4n) is 1.83. The largest absolute Gasteiger partial charge is 1.00 e. The van der Waals surface area contributed by atoms with E-state index in [0.29, 0.717) is 11.2 Å². The van der Waals surface area contributed by atoms with Crippen molar-refractivity contribution < 1.29 is 64.3 Å². The van der Waals surface area contributed by atoms with Crippen LogP contribution in [0, 0.1) is 6.92 Å². The third-order valence-electron chi connectivity index (χ3n) is 2.54. The van der Waals surface area contributed by atoms with E-state index in [2.05, 4.69) is 15.9 Å². The first-order valence-corrected chi connectivity index (χ1v) is 5.64. The number of benzene rings is 1. The Hall–Kier alpha value is 0.731. The van der Waals surface area contributed by atoms with Crippen molar-refractivity contribution in [1.29, 1.82) is 0 Å². The van der Waals surface area contributed by atoms with Gasteiger partial charge in [0, 0.05) is 21.1 Å². The second-order valence-electron chi connectivity index (χ2n) is 3.74. The number of rotatable bonds is 2. The van der Waals surface area contributed by atoms with Gasteiger partial charge < -0.3 is 17.5 Å². The summed E-state index contributed by atoms with van der Waals surface area (Å²) in [6.07, 6.45) is -0.891. The molecule has 0 N–H and O–H groups in total. The van der Waals surface area contributed by atoms with E-state index < -0.39 is 13.4 Å². The van der Waals surface area contributed by atoms with Crippen molar-refractivity contribution in [2.24, 2.45) is 0 Å². The molecule has 2 aromatic rings. The Morgan fingerprint density at radius 1 is 1.24 bits per heavy atom. The van der Waals surface area contributed by atoms with Crippen molar-refractivity contribution in [1.82, 2.24) is 4.57 Å². The van der Waals surface area contributed by atoms with Crippen LogP contribution in [-0.4, -0.2) is 11.5 Å². The Bertz CT molecular complexity index is 538. The summed E-state index contributed by atoms with van der Waals surface area (Å²) in [5.74, 6) is 0. The molecule has 2 rings (SSSR count). The third-order valence-corrected chi connectivity index (χ3v) is 3.54. The van der Waals surface area contributed by atoms with Crippen molar-refractivity contribution in [3.63, 3.8) is 0 Å². The minimum absolute atomic E-state index is 0. The van der Waals surface area contributed by atoms with Crippen molar-refractivity contribution in [2.45, 2.75) is 13.4 Å². The van der Waals surface area contributed by atoms with Crippen LogP contribution in [0.25, 0.3) is 10.9 Å². The summed E-state index contributed by atoms with van der Waals surface area (Å²) in [4.78, 5) is 0. The molecule has 1 nitrogen and oxygen atoms in total. The van der Waals surface area contributed by atoms with Gasteiger partial charge in [0.2, 0.25) is 0 Å². The molecule has 0 aliphatic heterocycles. The Kier molecular flexibility index (Phi) is 5.38. The maximum absolute atomic E-state index is 12.5. The number of halogens is 4. The SMILES string of the molecule is Cc1c(Br)c2ccccc2n1C[B-](F)(F)F.[K+]. The first-order chi connectivity index (χ1) is 7.40. The molecule has 0 radical (unpaired) electrons. The van der Waals surface area contributed by atoms with Crippen LogP contribution in [0.3, 0.4) is 0 Å². The van der Waals surface area contributed by atoms with Gasteiger partial charge in [0.1, 0.15) is 0 Å². The Labute approximate surface area is 148 Å². The van der Waals surface area contributed by atoms with Gasteiger partial charge in [-0.25, -0.2) is 0 Å². The van der Waals surface area contributed by atoms with E-state index in [1.165, 1.54) is 4.57 Å². The molecule has 7 heteroatoms. The molecule has 0 saturated carbocycles. The summed E-state index contributed by atoms with van der Waals surface area (Å²) in [5, 5.41) is 0.819. The van der Waals surface area contributed by atoms with Crippen molar-refractivity contribution in [3.05, 3.63) is 34.4 Å². The number of aromatic nitrogens is 1. The zero-order chi connectivity index (χ0) is 11.9. The molecule has 1 aromatic heterocycles. The molecule has 0 spiro atoms. The predicted molar refractivity (Wildman–Crippen MR) is 63.5 cm³/mol. The van der Waals surface area contributed by atoms with Crippen LogP contribution in [0.2, 0.25) is 0 Å². The summed E-state index contributed by atoms with van der Waals surface area (Å²) in [7, 11) is 0. The molecule has 0 amide bonds. The van der Waals surface area contributed by atoms with Crippen LogP contribution >= 0.6 is 15.9 Å². The van der Waals surface area contributed by atoms with Crippen LogP contribution in [-0.2, 0) is 6.44 Å². The molecule has 0 atom stereocenters. The van der Waals surface area contributed by atoms with E-state index in [1.54, 1.807) is 19.1 Å².